The molecule has 0 unspecified atom stereocenters. The van der Waals surface area contributed by atoms with Gasteiger partial charge in [-0.1, -0.05) is 12.1 Å². The number of nitrogens with one attached hydrogen (secondary N) is 2. The molecule has 1 heterocycles. The topological polar surface area (TPSA) is 95.5 Å². The van der Waals surface area contributed by atoms with Gasteiger partial charge in [0.15, 0.2) is 0 Å². The number of anilines is 2. The van der Waals surface area contributed by atoms with Crippen molar-refractivity contribution in [3.8, 4) is 0 Å². The molecule has 0 bridgehead atoms. The van der Waals surface area contributed by atoms with E-state index in [4.69, 9.17) is 5.11 Å². The Labute approximate surface area is 176 Å². The summed E-state index contributed by atoms with van der Waals surface area (Å²) in [5.41, 5.74) is 2.08. The summed E-state index contributed by atoms with van der Waals surface area (Å²) >= 11 is 2.73. The predicted molar refractivity (Wildman–Crippen MR) is 116 cm³/mol. The lowest BCUT2D eigenvalue weighted by atomic mass is 10.1. The van der Waals surface area contributed by atoms with E-state index in [9.17, 15) is 14.4 Å². The van der Waals surface area contributed by atoms with Crippen molar-refractivity contribution in [3.05, 3.63) is 76.0 Å². The van der Waals surface area contributed by atoms with E-state index in [0.29, 0.717) is 16.3 Å². The van der Waals surface area contributed by atoms with E-state index >= 15 is 0 Å². The Hall–Kier alpha value is -3.10. The molecule has 148 valence electrons. The molecule has 2 amide bonds. The minimum Gasteiger partial charge on any atom is -0.478 e. The molecule has 3 rings (SSSR count). The maximum absolute atomic E-state index is 12.2. The zero-order chi connectivity index (χ0) is 20.8. The van der Waals surface area contributed by atoms with Crippen LogP contribution in [0.25, 0.3) is 0 Å². The van der Waals surface area contributed by atoms with Gasteiger partial charge in [-0.2, -0.15) is 0 Å². The minimum absolute atomic E-state index is 0.124. The Bertz CT molecular complexity index is 1030. The van der Waals surface area contributed by atoms with Gasteiger partial charge in [-0.05, 0) is 60.3 Å². The molecule has 29 heavy (non-hydrogen) atoms. The second kappa shape index (κ2) is 9.40. The van der Waals surface area contributed by atoms with Gasteiger partial charge >= 0.3 is 5.97 Å². The smallest absolute Gasteiger partial charge is 0.335 e. The number of benzene rings is 2. The van der Waals surface area contributed by atoms with Crippen LogP contribution in [0.5, 0.6) is 0 Å². The second-order valence-corrected chi connectivity index (χ2v) is 8.12. The van der Waals surface area contributed by atoms with E-state index in [2.05, 4.69) is 10.6 Å². The lowest BCUT2D eigenvalue weighted by Crippen LogP contribution is -2.15. The van der Waals surface area contributed by atoms with E-state index in [1.807, 2.05) is 23.6 Å². The number of hydrogen-bond acceptors (Lipinski definition) is 5. The Morgan fingerprint density at radius 2 is 1.79 bits per heavy atom. The summed E-state index contributed by atoms with van der Waals surface area (Å²) < 4.78 is 0. The number of carboxylic acid groups (broad SMARTS) is 1. The highest BCUT2D eigenvalue weighted by Crippen LogP contribution is 2.22. The molecule has 0 atom stereocenters. The first-order valence-electron chi connectivity index (χ1n) is 8.64. The van der Waals surface area contributed by atoms with Crippen LogP contribution in [0, 0.1) is 6.92 Å². The average Bonchev–Trinajstić information content (AvgIpc) is 3.24. The molecule has 0 aliphatic heterocycles. The zero-order valence-electron chi connectivity index (χ0n) is 15.5. The van der Waals surface area contributed by atoms with Gasteiger partial charge in [0.1, 0.15) is 0 Å². The first-order valence-corrected chi connectivity index (χ1v) is 10.5. The maximum Gasteiger partial charge on any atom is 0.335 e. The molecule has 0 spiro atoms. The van der Waals surface area contributed by atoms with E-state index in [1.165, 1.54) is 35.2 Å². The number of amides is 2. The van der Waals surface area contributed by atoms with Crippen LogP contribution in [-0.2, 0) is 4.79 Å². The second-order valence-electron chi connectivity index (χ2n) is 6.13. The largest absolute Gasteiger partial charge is 0.478 e. The molecule has 8 heteroatoms. The number of hydrogen-bond donors (Lipinski definition) is 3. The van der Waals surface area contributed by atoms with Crippen LogP contribution in [0.1, 0.15) is 25.6 Å². The molecule has 0 aliphatic carbocycles. The molecule has 3 N–H and O–H groups in total. The van der Waals surface area contributed by atoms with Crippen molar-refractivity contribution < 1.29 is 19.5 Å². The van der Waals surface area contributed by atoms with E-state index in [0.717, 1.165) is 10.5 Å². The molecular formula is C21H18N2O4S2. The fraction of sp³-hybridized carbons (Fsp3) is 0.0952. The Balaban J connectivity index is 1.53. The molecule has 0 saturated carbocycles. The highest BCUT2D eigenvalue weighted by Gasteiger charge is 2.10. The van der Waals surface area contributed by atoms with Crippen molar-refractivity contribution in [2.75, 3.05) is 16.4 Å². The molecule has 2 aromatic carbocycles. The van der Waals surface area contributed by atoms with Crippen molar-refractivity contribution >= 4 is 52.3 Å². The van der Waals surface area contributed by atoms with Gasteiger partial charge in [-0.25, -0.2) is 4.79 Å². The van der Waals surface area contributed by atoms with Gasteiger partial charge in [0.05, 0.1) is 16.2 Å². The highest BCUT2D eigenvalue weighted by atomic mass is 32.2. The van der Waals surface area contributed by atoms with Gasteiger partial charge < -0.3 is 15.7 Å². The summed E-state index contributed by atoms with van der Waals surface area (Å²) in [5, 5.41) is 16.5. The molecule has 0 fully saturated rings. The van der Waals surface area contributed by atoms with Crippen LogP contribution in [0.3, 0.4) is 0 Å². The normalized spacial score (nSPS) is 10.4. The quantitative estimate of drug-likeness (QED) is 0.475. The third kappa shape index (κ3) is 5.69. The van der Waals surface area contributed by atoms with E-state index in [-0.39, 0.29) is 23.1 Å². The monoisotopic (exact) mass is 426 g/mol. The summed E-state index contributed by atoms with van der Waals surface area (Å²) in [6.45, 7) is 1.80. The number of carbonyl (C=O) groups excluding carboxylic acids is 2. The molecule has 0 aliphatic rings. The standard InChI is InChI=1S/C21H18N2O4S2/c1-13-4-5-14(21(26)27)11-17(13)23-19(24)12-29-16-8-6-15(7-9-16)22-20(25)18-3-2-10-28-18/h2-11H,12H2,1H3,(H,22,25)(H,23,24)(H,26,27). The van der Waals surface area contributed by atoms with E-state index in [1.54, 1.807) is 31.2 Å². The first kappa shape index (κ1) is 20.6. The summed E-state index contributed by atoms with van der Waals surface area (Å²) in [5.74, 6) is -1.24. The average molecular weight is 427 g/mol. The summed E-state index contributed by atoms with van der Waals surface area (Å²) in [7, 11) is 0. The van der Waals surface area contributed by atoms with Crippen LogP contribution in [0.15, 0.2) is 64.9 Å². The number of rotatable bonds is 7. The van der Waals surface area contributed by atoms with Crippen LogP contribution in [0.4, 0.5) is 11.4 Å². The summed E-state index contributed by atoms with van der Waals surface area (Å²) in [6.07, 6.45) is 0. The molecule has 3 aromatic rings. The Morgan fingerprint density at radius 1 is 1.03 bits per heavy atom. The lowest BCUT2D eigenvalue weighted by Gasteiger charge is -2.10. The summed E-state index contributed by atoms with van der Waals surface area (Å²) in [4.78, 5) is 36.9. The van der Waals surface area contributed by atoms with E-state index < -0.39 is 5.97 Å². The molecular weight excluding hydrogens is 408 g/mol. The van der Waals surface area contributed by atoms with Gasteiger partial charge in [0.2, 0.25) is 5.91 Å². The molecule has 0 saturated heterocycles. The van der Waals surface area contributed by atoms with Crippen molar-refractivity contribution in [2.45, 2.75) is 11.8 Å². The molecule has 6 nitrogen and oxygen atoms in total. The van der Waals surface area contributed by atoms with Crippen LogP contribution in [-0.4, -0.2) is 28.6 Å². The fourth-order valence-corrected chi connectivity index (χ4v) is 3.78. The maximum atomic E-state index is 12.2. The van der Waals surface area contributed by atoms with Crippen molar-refractivity contribution in [2.24, 2.45) is 0 Å². The SMILES string of the molecule is Cc1ccc(C(=O)O)cc1NC(=O)CSc1ccc(NC(=O)c2cccs2)cc1. The predicted octanol–water partition coefficient (Wildman–Crippen LogP) is 4.74. The van der Waals surface area contributed by atoms with Crippen molar-refractivity contribution in [1.82, 2.24) is 0 Å². The highest BCUT2D eigenvalue weighted by molar-refractivity contribution is 8.00. The van der Waals surface area contributed by atoms with Gasteiger partial charge in [-0.15, -0.1) is 23.1 Å². The number of thioether (sulfide) groups is 1. The fourth-order valence-electron chi connectivity index (χ4n) is 2.46. The molecule has 1 aromatic heterocycles. The van der Waals surface area contributed by atoms with Crippen LogP contribution >= 0.6 is 23.1 Å². The summed E-state index contributed by atoms with van der Waals surface area (Å²) in [6, 6.07) is 15.4. The number of aryl methyl sites for hydroxylation is 1. The van der Waals surface area contributed by atoms with Crippen LogP contribution in [0.2, 0.25) is 0 Å². The zero-order valence-corrected chi connectivity index (χ0v) is 17.1. The van der Waals surface area contributed by atoms with Gasteiger partial charge in [0, 0.05) is 16.3 Å². The Morgan fingerprint density at radius 3 is 2.45 bits per heavy atom. The Kier molecular flexibility index (Phi) is 6.69. The number of carbonyl (C=O) groups is 3. The van der Waals surface area contributed by atoms with Gasteiger partial charge in [0.25, 0.3) is 5.91 Å². The minimum atomic E-state index is -1.04. The lowest BCUT2D eigenvalue weighted by molar-refractivity contribution is -0.113. The van der Waals surface area contributed by atoms with Crippen LogP contribution < -0.4 is 10.6 Å². The van der Waals surface area contributed by atoms with Crippen molar-refractivity contribution in [1.29, 1.82) is 0 Å². The number of carboxylic acids is 1. The third-order valence-electron chi connectivity index (χ3n) is 3.99. The van der Waals surface area contributed by atoms with Crippen molar-refractivity contribution in [3.63, 3.8) is 0 Å². The third-order valence-corrected chi connectivity index (χ3v) is 5.87. The molecule has 0 radical (unpaired) electrons. The number of aromatic carboxylic acids is 1. The first-order chi connectivity index (χ1) is 13.9. The van der Waals surface area contributed by atoms with Gasteiger partial charge in [-0.3, -0.25) is 9.59 Å². The number of thiophene rings is 1.